The highest BCUT2D eigenvalue weighted by Gasteiger charge is 2.31. The number of rotatable bonds is 5. The van der Waals surface area contributed by atoms with Gasteiger partial charge in [-0.1, -0.05) is 13.8 Å². The number of carboxylic acids is 1. The molecule has 1 saturated carbocycles. The fourth-order valence-electron chi connectivity index (χ4n) is 1.88. The lowest BCUT2D eigenvalue weighted by molar-refractivity contribution is -0.135. The standard InChI is InChI=1S/C13H18N2O2/c1-9(2)10-5-6-14-12(7-10)15(8-13(16)17)11-3-4-11/h5-7,9,11H,3-4,8H2,1-2H3,(H,16,17). The number of carbonyl (C=O) groups is 1. The summed E-state index contributed by atoms with van der Waals surface area (Å²) in [7, 11) is 0. The van der Waals surface area contributed by atoms with E-state index < -0.39 is 5.97 Å². The molecule has 0 spiro atoms. The van der Waals surface area contributed by atoms with E-state index in [9.17, 15) is 4.79 Å². The summed E-state index contributed by atoms with van der Waals surface area (Å²) in [6.07, 6.45) is 3.91. The highest BCUT2D eigenvalue weighted by atomic mass is 16.4. The molecule has 0 unspecified atom stereocenters. The van der Waals surface area contributed by atoms with Gasteiger partial charge in [0.05, 0.1) is 0 Å². The Morgan fingerprint density at radius 2 is 2.29 bits per heavy atom. The fourth-order valence-corrected chi connectivity index (χ4v) is 1.88. The molecule has 92 valence electrons. The zero-order chi connectivity index (χ0) is 12.4. The Labute approximate surface area is 101 Å². The van der Waals surface area contributed by atoms with Gasteiger partial charge in [-0.15, -0.1) is 0 Å². The second kappa shape index (κ2) is 4.73. The minimum atomic E-state index is -0.798. The average Bonchev–Trinajstić information content (AvgIpc) is 3.09. The Kier molecular flexibility index (Phi) is 3.31. The van der Waals surface area contributed by atoms with Crippen molar-refractivity contribution in [2.24, 2.45) is 0 Å². The minimum absolute atomic E-state index is 0.0409. The third-order valence-electron chi connectivity index (χ3n) is 3.02. The Bertz CT molecular complexity index is 414. The van der Waals surface area contributed by atoms with Gasteiger partial charge in [-0.2, -0.15) is 0 Å². The minimum Gasteiger partial charge on any atom is -0.480 e. The molecule has 0 radical (unpaired) electrons. The third-order valence-corrected chi connectivity index (χ3v) is 3.02. The van der Waals surface area contributed by atoms with Gasteiger partial charge in [0.25, 0.3) is 0 Å². The van der Waals surface area contributed by atoms with Gasteiger partial charge in [0.1, 0.15) is 12.4 Å². The first kappa shape index (κ1) is 11.9. The van der Waals surface area contributed by atoms with Crippen LogP contribution in [-0.4, -0.2) is 28.6 Å². The number of hydrogen-bond donors (Lipinski definition) is 1. The first-order valence-electron chi connectivity index (χ1n) is 6.02. The Balaban J connectivity index is 2.22. The number of pyridine rings is 1. The van der Waals surface area contributed by atoms with Crippen LogP contribution in [-0.2, 0) is 4.79 Å². The summed E-state index contributed by atoms with van der Waals surface area (Å²) in [6, 6.07) is 4.35. The molecule has 0 aromatic carbocycles. The molecule has 0 saturated heterocycles. The molecule has 1 aliphatic carbocycles. The molecule has 1 aromatic rings. The van der Waals surface area contributed by atoms with E-state index in [0.717, 1.165) is 18.7 Å². The van der Waals surface area contributed by atoms with Crippen LogP contribution in [0.5, 0.6) is 0 Å². The van der Waals surface area contributed by atoms with Crippen LogP contribution in [0.1, 0.15) is 38.2 Å². The maximum atomic E-state index is 10.9. The summed E-state index contributed by atoms with van der Waals surface area (Å²) in [5.41, 5.74) is 1.20. The zero-order valence-electron chi connectivity index (χ0n) is 10.3. The van der Waals surface area contributed by atoms with Crippen LogP contribution >= 0.6 is 0 Å². The quantitative estimate of drug-likeness (QED) is 0.849. The number of nitrogens with zero attached hydrogens (tertiary/aromatic N) is 2. The predicted molar refractivity (Wildman–Crippen MR) is 66.3 cm³/mol. The van der Waals surface area contributed by atoms with Crippen LogP contribution < -0.4 is 4.90 Å². The SMILES string of the molecule is CC(C)c1ccnc(N(CC(=O)O)C2CC2)c1. The van der Waals surface area contributed by atoms with Gasteiger partial charge in [0.2, 0.25) is 0 Å². The van der Waals surface area contributed by atoms with Gasteiger partial charge in [0.15, 0.2) is 0 Å². The van der Waals surface area contributed by atoms with Gasteiger partial charge in [-0.05, 0) is 36.5 Å². The summed E-state index contributed by atoms with van der Waals surface area (Å²) in [5, 5.41) is 8.93. The molecular weight excluding hydrogens is 216 g/mol. The lowest BCUT2D eigenvalue weighted by Gasteiger charge is -2.22. The lowest BCUT2D eigenvalue weighted by atomic mass is 10.1. The van der Waals surface area contributed by atoms with Crippen molar-refractivity contribution in [1.29, 1.82) is 0 Å². The van der Waals surface area contributed by atoms with E-state index in [1.54, 1.807) is 6.20 Å². The second-order valence-corrected chi connectivity index (χ2v) is 4.85. The van der Waals surface area contributed by atoms with Crippen molar-refractivity contribution in [2.75, 3.05) is 11.4 Å². The van der Waals surface area contributed by atoms with Gasteiger partial charge >= 0.3 is 5.97 Å². The zero-order valence-corrected chi connectivity index (χ0v) is 10.3. The average molecular weight is 234 g/mol. The molecule has 2 rings (SSSR count). The summed E-state index contributed by atoms with van der Waals surface area (Å²) < 4.78 is 0. The predicted octanol–water partition coefficient (Wildman–Crippen LogP) is 2.26. The van der Waals surface area contributed by atoms with E-state index in [-0.39, 0.29) is 6.54 Å². The molecular formula is C13H18N2O2. The van der Waals surface area contributed by atoms with Crippen LogP contribution in [0, 0.1) is 0 Å². The smallest absolute Gasteiger partial charge is 0.323 e. The van der Waals surface area contributed by atoms with E-state index in [4.69, 9.17) is 5.11 Å². The van der Waals surface area contributed by atoms with Crippen LogP contribution in [0.15, 0.2) is 18.3 Å². The largest absolute Gasteiger partial charge is 0.480 e. The van der Waals surface area contributed by atoms with Crippen molar-refractivity contribution in [1.82, 2.24) is 4.98 Å². The Morgan fingerprint density at radius 3 is 2.82 bits per heavy atom. The molecule has 1 heterocycles. The topological polar surface area (TPSA) is 53.4 Å². The van der Waals surface area contributed by atoms with Crippen molar-refractivity contribution in [3.63, 3.8) is 0 Å². The van der Waals surface area contributed by atoms with Crippen molar-refractivity contribution in [2.45, 2.75) is 38.6 Å². The molecule has 1 aliphatic rings. The molecule has 1 fully saturated rings. The monoisotopic (exact) mass is 234 g/mol. The van der Waals surface area contributed by atoms with Crippen molar-refractivity contribution >= 4 is 11.8 Å². The molecule has 1 N–H and O–H groups in total. The Hall–Kier alpha value is -1.58. The number of hydrogen-bond acceptors (Lipinski definition) is 3. The third kappa shape index (κ3) is 2.96. The van der Waals surface area contributed by atoms with Crippen LogP contribution in [0.4, 0.5) is 5.82 Å². The lowest BCUT2D eigenvalue weighted by Crippen LogP contribution is -2.32. The highest BCUT2D eigenvalue weighted by molar-refractivity contribution is 5.73. The van der Waals surface area contributed by atoms with Gasteiger partial charge in [-0.3, -0.25) is 4.79 Å². The molecule has 1 aromatic heterocycles. The van der Waals surface area contributed by atoms with Crippen LogP contribution in [0.25, 0.3) is 0 Å². The molecule has 0 atom stereocenters. The molecule has 0 bridgehead atoms. The number of aliphatic carboxylic acids is 1. The van der Waals surface area contributed by atoms with E-state index in [0.29, 0.717) is 12.0 Å². The molecule has 4 heteroatoms. The fraction of sp³-hybridized carbons (Fsp3) is 0.538. The first-order valence-corrected chi connectivity index (χ1v) is 6.02. The van der Waals surface area contributed by atoms with E-state index in [1.807, 2.05) is 17.0 Å². The maximum absolute atomic E-state index is 10.9. The van der Waals surface area contributed by atoms with Gasteiger partial charge < -0.3 is 10.0 Å². The highest BCUT2D eigenvalue weighted by Crippen LogP contribution is 2.31. The number of carboxylic acid groups (broad SMARTS) is 1. The summed E-state index contributed by atoms with van der Waals surface area (Å²) >= 11 is 0. The maximum Gasteiger partial charge on any atom is 0.323 e. The normalized spacial score (nSPS) is 15.0. The van der Waals surface area contributed by atoms with Crippen molar-refractivity contribution in [3.8, 4) is 0 Å². The van der Waals surface area contributed by atoms with Crippen molar-refractivity contribution < 1.29 is 9.90 Å². The van der Waals surface area contributed by atoms with E-state index in [1.165, 1.54) is 5.56 Å². The van der Waals surface area contributed by atoms with E-state index >= 15 is 0 Å². The van der Waals surface area contributed by atoms with Crippen molar-refractivity contribution in [3.05, 3.63) is 23.9 Å². The summed E-state index contributed by atoms with van der Waals surface area (Å²) in [4.78, 5) is 17.1. The van der Waals surface area contributed by atoms with E-state index in [2.05, 4.69) is 18.8 Å². The summed E-state index contributed by atoms with van der Waals surface area (Å²) in [5.74, 6) is 0.428. The number of anilines is 1. The molecule has 17 heavy (non-hydrogen) atoms. The van der Waals surface area contributed by atoms with Crippen LogP contribution in [0.3, 0.4) is 0 Å². The van der Waals surface area contributed by atoms with Gasteiger partial charge in [0, 0.05) is 12.2 Å². The molecule has 0 aliphatic heterocycles. The molecule has 0 amide bonds. The summed E-state index contributed by atoms with van der Waals surface area (Å²) in [6.45, 7) is 4.29. The first-order chi connectivity index (χ1) is 8.08. The van der Waals surface area contributed by atoms with Crippen LogP contribution in [0.2, 0.25) is 0 Å². The number of aromatic nitrogens is 1. The molecule has 4 nitrogen and oxygen atoms in total. The Morgan fingerprint density at radius 1 is 1.59 bits per heavy atom. The van der Waals surface area contributed by atoms with Gasteiger partial charge in [-0.25, -0.2) is 4.98 Å². The second-order valence-electron chi connectivity index (χ2n) is 4.85.